The number of benzene rings is 3. The molecule has 3 nitrogen and oxygen atoms in total. The van der Waals surface area contributed by atoms with Gasteiger partial charge in [0.1, 0.15) is 17.7 Å². The highest BCUT2D eigenvalue weighted by molar-refractivity contribution is 8.00. The number of carboxylic acid groups (broad SMARTS) is 1. The highest BCUT2D eigenvalue weighted by Crippen LogP contribution is 2.46. The Bertz CT molecular complexity index is 901. The van der Waals surface area contributed by atoms with Gasteiger partial charge in [-0.15, -0.1) is 11.8 Å². The Morgan fingerprint density at radius 2 is 1.38 bits per heavy atom. The van der Waals surface area contributed by atoms with Crippen LogP contribution in [0.2, 0.25) is 0 Å². The Kier molecular flexibility index (Phi) is 6.67. The smallest absolute Gasteiger partial charge is 0.321 e. The van der Waals surface area contributed by atoms with Crippen LogP contribution in [0.4, 0.5) is 8.78 Å². The number of carbonyl (C=O) groups is 1. The zero-order chi connectivity index (χ0) is 20.9. The maximum Gasteiger partial charge on any atom is 0.321 e. The van der Waals surface area contributed by atoms with E-state index in [-0.39, 0.29) is 17.4 Å². The number of rotatable bonds is 8. The van der Waals surface area contributed by atoms with E-state index < -0.39 is 16.8 Å². The number of hydrogen-bond donors (Lipinski definition) is 2. The monoisotopic (exact) mass is 413 g/mol. The Balaban J connectivity index is 2.14. The fourth-order valence-electron chi connectivity index (χ4n) is 3.21. The normalized spacial score (nSPS) is 12.5. The lowest BCUT2D eigenvalue weighted by Gasteiger charge is -2.35. The van der Waals surface area contributed by atoms with Gasteiger partial charge in [-0.1, -0.05) is 54.6 Å². The van der Waals surface area contributed by atoms with Crippen molar-refractivity contribution in [1.82, 2.24) is 0 Å². The molecule has 0 aliphatic heterocycles. The van der Waals surface area contributed by atoms with Crippen LogP contribution >= 0.6 is 11.8 Å². The molecule has 0 aliphatic rings. The fraction of sp³-hybridized carbons (Fsp3) is 0.174. The molecule has 0 bridgehead atoms. The van der Waals surface area contributed by atoms with Crippen LogP contribution in [0, 0.1) is 11.6 Å². The van der Waals surface area contributed by atoms with E-state index in [4.69, 9.17) is 5.73 Å². The Morgan fingerprint density at radius 1 is 0.897 bits per heavy atom. The average molecular weight is 413 g/mol. The first-order valence-corrected chi connectivity index (χ1v) is 10.1. The molecule has 29 heavy (non-hydrogen) atoms. The molecule has 0 aromatic heterocycles. The van der Waals surface area contributed by atoms with E-state index in [0.29, 0.717) is 6.42 Å². The van der Waals surface area contributed by atoms with Crippen LogP contribution < -0.4 is 5.73 Å². The summed E-state index contributed by atoms with van der Waals surface area (Å²) in [4.78, 5) is 11.3. The van der Waals surface area contributed by atoms with Crippen LogP contribution in [0.25, 0.3) is 0 Å². The minimum Gasteiger partial charge on any atom is -0.480 e. The van der Waals surface area contributed by atoms with Crippen LogP contribution in [-0.2, 0) is 16.0 Å². The van der Waals surface area contributed by atoms with Crippen molar-refractivity contribution in [3.05, 3.63) is 107 Å². The summed E-state index contributed by atoms with van der Waals surface area (Å²) in [6, 6.07) is 20.8. The van der Waals surface area contributed by atoms with Gasteiger partial charge in [0, 0.05) is 5.75 Å². The van der Waals surface area contributed by atoms with E-state index in [9.17, 15) is 18.7 Å². The van der Waals surface area contributed by atoms with Gasteiger partial charge in [-0.05, 0) is 47.4 Å². The van der Waals surface area contributed by atoms with E-state index in [2.05, 4.69) is 0 Å². The summed E-state index contributed by atoms with van der Waals surface area (Å²) in [6.07, 6.45) is 0.502. The third-order valence-electron chi connectivity index (χ3n) is 4.74. The maximum absolute atomic E-state index is 13.6. The molecule has 0 spiro atoms. The van der Waals surface area contributed by atoms with Gasteiger partial charge in [-0.25, -0.2) is 8.78 Å². The van der Waals surface area contributed by atoms with Crippen LogP contribution in [0.15, 0.2) is 78.9 Å². The second-order valence-electron chi connectivity index (χ2n) is 6.76. The molecule has 0 radical (unpaired) electrons. The van der Waals surface area contributed by atoms with Crippen molar-refractivity contribution in [2.75, 3.05) is 5.75 Å². The van der Waals surface area contributed by atoms with Gasteiger partial charge in [-0.3, -0.25) is 4.79 Å². The lowest BCUT2D eigenvalue weighted by Crippen LogP contribution is -2.36. The first kappa shape index (κ1) is 21.0. The molecule has 0 amide bonds. The van der Waals surface area contributed by atoms with Gasteiger partial charge in [0.25, 0.3) is 0 Å². The van der Waals surface area contributed by atoms with Gasteiger partial charge < -0.3 is 10.8 Å². The molecule has 3 N–H and O–H groups in total. The highest BCUT2D eigenvalue weighted by Gasteiger charge is 2.36. The summed E-state index contributed by atoms with van der Waals surface area (Å²) in [5.74, 6) is -1.69. The van der Waals surface area contributed by atoms with Crippen molar-refractivity contribution in [2.45, 2.75) is 17.2 Å². The molecule has 1 atom stereocenters. The van der Waals surface area contributed by atoms with E-state index in [0.717, 1.165) is 16.7 Å². The summed E-state index contributed by atoms with van der Waals surface area (Å²) < 4.78 is 26.5. The van der Waals surface area contributed by atoms with Crippen molar-refractivity contribution in [3.8, 4) is 0 Å². The topological polar surface area (TPSA) is 63.3 Å². The van der Waals surface area contributed by atoms with Crippen molar-refractivity contribution >= 4 is 17.7 Å². The minimum atomic E-state index is -1.09. The van der Waals surface area contributed by atoms with Crippen molar-refractivity contribution < 1.29 is 18.7 Å². The zero-order valence-electron chi connectivity index (χ0n) is 15.6. The molecule has 0 saturated heterocycles. The standard InChI is InChI=1S/C23H21F2NO2S/c24-19-10-6-17(7-11-19)23(29-15-21(26)22(27)28,14-16-4-2-1-3-5-16)18-8-12-20(25)13-9-18/h1-13,21H,14-15,26H2,(H,27,28)/t21-/m0/s1. The van der Waals surface area contributed by atoms with Gasteiger partial charge in [0.2, 0.25) is 0 Å². The number of thioether (sulfide) groups is 1. The Labute approximate surface area is 172 Å². The van der Waals surface area contributed by atoms with Crippen molar-refractivity contribution in [3.63, 3.8) is 0 Å². The largest absolute Gasteiger partial charge is 0.480 e. The summed E-state index contributed by atoms with van der Waals surface area (Å²) in [5, 5.41) is 9.24. The molecule has 3 aromatic carbocycles. The zero-order valence-corrected chi connectivity index (χ0v) is 16.4. The van der Waals surface area contributed by atoms with Gasteiger partial charge in [-0.2, -0.15) is 0 Å². The second kappa shape index (κ2) is 9.20. The molecule has 0 unspecified atom stereocenters. The molecule has 3 aromatic rings. The average Bonchev–Trinajstić information content (AvgIpc) is 2.73. The van der Waals surface area contributed by atoms with E-state index in [1.54, 1.807) is 24.3 Å². The molecular weight excluding hydrogens is 392 g/mol. The number of aliphatic carboxylic acids is 1. The first-order valence-electron chi connectivity index (χ1n) is 9.09. The van der Waals surface area contributed by atoms with Crippen LogP contribution in [-0.4, -0.2) is 22.9 Å². The summed E-state index contributed by atoms with van der Waals surface area (Å²) in [6.45, 7) is 0. The van der Waals surface area contributed by atoms with E-state index >= 15 is 0 Å². The molecule has 150 valence electrons. The molecule has 0 saturated carbocycles. The lowest BCUT2D eigenvalue weighted by molar-refractivity contribution is -0.137. The summed E-state index contributed by atoms with van der Waals surface area (Å²) in [5.41, 5.74) is 8.37. The predicted molar refractivity (Wildman–Crippen MR) is 112 cm³/mol. The first-order chi connectivity index (χ1) is 13.9. The van der Waals surface area contributed by atoms with Crippen LogP contribution in [0.5, 0.6) is 0 Å². The predicted octanol–water partition coefficient (Wildman–Crippen LogP) is 4.60. The molecule has 0 heterocycles. The van der Waals surface area contributed by atoms with E-state index in [1.165, 1.54) is 36.0 Å². The third-order valence-corrected chi connectivity index (χ3v) is 6.38. The summed E-state index contributed by atoms with van der Waals surface area (Å²) >= 11 is 1.37. The van der Waals surface area contributed by atoms with E-state index in [1.807, 2.05) is 30.3 Å². The number of carboxylic acids is 1. The number of hydrogen-bond acceptors (Lipinski definition) is 3. The SMILES string of the molecule is N[C@@H](CSC(Cc1ccccc1)(c1ccc(F)cc1)c1ccc(F)cc1)C(=O)O. The molecule has 0 aliphatic carbocycles. The fourth-order valence-corrected chi connectivity index (χ4v) is 4.69. The quantitative estimate of drug-likeness (QED) is 0.567. The second-order valence-corrected chi connectivity index (χ2v) is 8.08. The van der Waals surface area contributed by atoms with Gasteiger partial charge in [0.05, 0.1) is 4.75 Å². The Morgan fingerprint density at radius 3 is 1.83 bits per heavy atom. The van der Waals surface area contributed by atoms with Gasteiger partial charge >= 0.3 is 5.97 Å². The summed E-state index contributed by atoms with van der Waals surface area (Å²) in [7, 11) is 0. The van der Waals surface area contributed by atoms with Crippen LogP contribution in [0.3, 0.4) is 0 Å². The number of nitrogens with two attached hydrogens (primary N) is 1. The minimum absolute atomic E-state index is 0.136. The molecule has 0 fully saturated rings. The molecule has 3 rings (SSSR count). The lowest BCUT2D eigenvalue weighted by atomic mass is 9.85. The third kappa shape index (κ3) is 5.02. The molecule has 6 heteroatoms. The van der Waals surface area contributed by atoms with Crippen LogP contribution in [0.1, 0.15) is 16.7 Å². The number of halogens is 2. The maximum atomic E-state index is 13.6. The van der Waals surface area contributed by atoms with Crippen molar-refractivity contribution in [1.29, 1.82) is 0 Å². The highest BCUT2D eigenvalue weighted by atomic mass is 32.2. The Hall–Kier alpha value is -2.70. The molecular formula is C23H21F2NO2S. The van der Waals surface area contributed by atoms with Crippen molar-refractivity contribution in [2.24, 2.45) is 5.73 Å². The van der Waals surface area contributed by atoms with Gasteiger partial charge in [0.15, 0.2) is 0 Å².